The summed E-state index contributed by atoms with van der Waals surface area (Å²) < 4.78 is 0. The number of fused-ring (bicyclic) bond motifs is 1. The van der Waals surface area contributed by atoms with Gasteiger partial charge in [-0.05, 0) is 56.1 Å². The van der Waals surface area contributed by atoms with Crippen LogP contribution in [0.25, 0.3) is 0 Å². The van der Waals surface area contributed by atoms with Crippen LogP contribution < -0.4 is 10.6 Å². The van der Waals surface area contributed by atoms with Crippen LogP contribution in [-0.2, 0) is 12.8 Å². The summed E-state index contributed by atoms with van der Waals surface area (Å²) in [7, 11) is 0. The average molecular weight is 288 g/mol. The van der Waals surface area contributed by atoms with Gasteiger partial charge in [0.25, 0.3) is 0 Å². The van der Waals surface area contributed by atoms with E-state index in [0.717, 1.165) is 56.1 Å². The number of hydrogen-bond acceptors (Lipinski definition) is 4. The Kier molecular flexibility index (Phi) is 3.99. The van der Waals surface area contributed by atoms with Crippen molar-refractivity contribution in [3.63, 3.8) is 0 Å². The van der Waals surface area contributed by atoms with Gasteiger partial charge in [-0.1, -0.05) is 12.1 Å². The van der Waals surface area contributed by atoms with E-state index in [2.05, 4.69) is 23.0 Å². The number of nitrogens with zero attached hydrogens (tertiary/aromatic N) is 3. The Labute approximate surface area is 125 Å². The first-order chi connectivity index (χ1) is 10.2. The second-order valence-electron chi connectivity index (χ2n) is 6.19. The maximum atomic E-state index is 9.08. The van der Waals surface area contributed by atoms with E-state index >= 15 is 0 Å². The van der Waals surface area contributed by atoms with Crippen LogP contribution in [0, 0.1) is 5.92 Å². The number of pyridine rings is 1. The lowest BCUT2D eigenvalue weighted by molar-refractivity contribution is 0.318. The summed E-state index contributed by atoms with van der Waals surface area (Å²) in [6.07, 6.45) is 6.93. The fourth-order valence-electron chi connectivity index (χ4n) is 3.11. The number of anilines is 1. The summed E-state index contributed by atoms with van der Waals surface area (Å²) in [6.45, 7) is 4.18. The zero-order chi connectivity index (χ0) is 14.8. The predicted octanol–water partition coefficient (Wildman–Crippen LogP) is 2.29. The maximum absolute atomic E-state index is 9.08. The van der Waals surface area contributed by atoms with Gasteiger partial charge in [-0.2, -0.15) is 0 Å². The van der Waals surface area contributed by atoms with Gasteiger partial charge in [0, 0.05) is 18.8 Å². The molecule has 0 atom stereocenters. The Hall–Kier alpha value is -1.78. The zero-order valence-corrected chi connectivity index (χ0v) is 12.7. The molecule has 5 heteroatoms. The molecule has 3 N–H and O–H groups in total. The Morgan fingerprint density at radius 2 is 2.29 bits per heavy atom. The third-order valence-electron chi connectivity index (χ3n) is 4.38. The molecule has 114 valence electrons. The molecule has 3 rings (SSSR count). The van der Waals surface area contributed by atoms with Crippen molar-refractivity contribution in [3.8, 4) is 0 Å². The molecular weight excluding hydrogens is 264 g/mol. The molecular formula is C16H24N4O. The van der Waals surface area contributed by atoms with E-state index in [1.54, 1.807) is 0 Å². The molecule has 0 amide bonds. The minimum absolute atomic E-state index is 0.170. The molecule has 0 spiro atoms. The highest BCUT2D eigenvalue weighted by Gasteiger charge is 2.27. The van der Waals surface area contributed by atoms with Crippen LogP contribution >= 0.6 is 0 Å². The minimum Gasteiger partial charge on any atom is -0.409 e. The van der Waals surface area contributed by atoms with Crippen molar-refractivity contribution in [2.75, 3.05) is 18.0 Å². The number of nitrogens with two attached hydrogens (primary N) is 1. The van der Waals surface area contributed by atoms with Crippen molar-refractivity contribution in [1.29, 1.82) is 0 Å². The first-order valence-electron chi connectivity index (χ1n) is 7.98. The smallest absolute Gasteiger partial charge is 0.173 e. The molecule has 0 unspecified atom stereocenters. The Balaban J connectivity index is 2.00. The van der Waals surface area contributed by atoms with Crippen LogP contribution in [0.1, 0.15) is 49.4 Å². The lowest BCUT2D eigenvalue weighted by Gasteiger charge is -2.26. The summed E-state index contributed by atoms with van der Waals surface area (Å²) >= 11 is 0. The highest BCUT2D eigenvalue weighted by atomic mass is 16.4. The van der Waals surface area contributed by atoms with Crippen LogP contribution in [0.15, 0.2) is 11.2 Å². The quantitative estimate of drug-likeness (QED) is 0.364. The number of rotatable bonds is 6. The van der Waals surface area contributed by atoms with Crippen LogP contribution in [0.3, 0.4) is 0 Å². The first kappa shape index (κ1) is 14.2. The van der Waals surface area contributed by atoms with Crippen LogP contribution in [0.5, 0.6) is 0 Å². The van der Waals surface area contributed by atoms with Gasteiger partial charge in [0.1, 0.15) is 5.82 Å². The van der Waals surface area contributed by atoms with Gasteiger partial charge in [0.2, 0.25) is 0 Å². The van der Waals surface area contributed by atoms with E-state index in [-0.39, 0.29) is 5.84 Å². The van der Waals surface area contributed by atoms with Crippen molar-refractivity contribution in [2.45, 2.75) is 45.4 Å². The molecule has 1 saturated carbocycles. The van der Waals surface area contributed by atoms with Crippen LogP contribution in [0.4, 0.5) is 5.82 Å². The first-order valence-corrected chi connectivity index (χ1v) is 7.98. The summed E-state index contributed by atoms with van der Waals surface area (Å²) in [5, 5.41) is 12.3. The van der Waals surface area contributed by atoms with Crippen molar-refractivity contribution < 1.29 is 5.21 Å². The number of aromatic nitrogens is 1. The van der Waals surface area contributed by atoms with Gasteiger partial charge in [-0.25, -0.2) is 4.98 Å². The molecule has 5 nitrogen and oxygen atoms in total. The number of amidine groups is 1. The standard InChI is InChI=1S/C16H24N4O/c1-2-8-20(10-11-6-7-11)16-13(15(17)19-21)9-12-4-3-5-14(12)18-16/h9,11,21H,2-8,10H2,1H3,(H2,17,19). The molecule has 1 fully saturated rings. The summed E-state index contributed by atoms with van der Waals surface area (Å²) in [6, 6.07) is 2.08. The number of aryl methyl sites for hydroxylation is 2. The fraction of sp³-hybridized carbons (Fsp3) is 0.625. The molecule has 0 aromatic carbocycles. The third kappa shape index (κ3) is 2.96. The topological polar surface area (TPSA) is 74.7 Å². The molecule has 2 aliphatic carbocycles. The van der Waals surface area contributed by atoms with Crippen molar-refractivity contribution in [3.05, 3.63) is 22.9 Å². The average Bonchev–Trinajstić information content (AvgIpc) is 3.19. The Bertz CT molecular complexity index is 551. The number of oxime groups is 1. The Morgan fingerprint density at radius 1 is 1.48 bits per heavy atom. The highest BCUT2D eigenvalue weighted by Crippen LogP contribution is 2.33. The molecule has 0 bridgehead atoms. The fourth-order valence-corrected chi connectivity index (χ4v) is 3.11. The second kappa shape index (κ2) is 5.92. The summed E-state index contributed by atoms with van der Waals surface area (Å²) in [5.41, 5.74) is 9.13. The van der Waals surface area contributed by atoms with E-state index in [9.17, 15) is 0 Å². The normalized spacial score (nSPS) is 17.9. The molecule has 1 aromatic heterocycles. The SMILES string of the molecule is CCCN(CC1CC1)c1nc2c(cc1C(N)=NO)CCC2. The molecule has 21 heavy (non-hydrogen) atoms. The van der Waals surface area contributed by atoms with Crippen molar-refractivity contribution in [1.82, 2.24) is 4.98 Å². The highest BCUT2D eigenvalue weighted by molar-refractivity contribution is 6.01. The molecule has 1 heterocycles. The van der Waals surface area contributed by atoms with Crippen LogP contribution in [0.2, 0.25) is 0 Å². The number of hydrogen-bond donors (Lipinski definition) is 2. The van der Waals surface area contributed by atoms with E-state index in [1.165, 1.54) is 24.1 Å². The third-order valence-corrected chi connectivity index (χ3v) is 4.38. The molecule has 0 radical (unpaired) electrons. The molecule has 0 saturated heterocycles. The van der Waals surface area contributed by atoms with E-state index in [0.29, 0.717) is 0 Å². The molecule has 1 aromatic rings. The van der Waals surface area contributed by atoms with Gasteiger partial charge in [0.05, 0.1) is 5.56 Å². The lowest BCUT2D eigenvalue weighted by atomic mass is 10.1. The minimum atomic E-state index is 0.170. The molecule has 2 aliphatic rings. The second-order valence-corrected chi connectivity index (χ2v) is 6.19. The summed E-state index contributed by atoms with van der Waals surface area (Å²) in [4.78, 5) is 7.20. The van der Waals surface area contributed by atoms with E-state index in [1.807, 2.05) is 0 Å². The van der Waals surface area contributed by atoms with E-state index in [4.69, 9.17) is 15.9 Å². The van der Waals surface area contributed by atoms with Gasteiger partial charge >= 0.3 is 0 Å². The zero-order valence-electron chi connectivity index (χ0n) is 12.7. The van der Waals surface area contributed by atoms with Crippen LogP contribution in [-0.4, -0.2) is 29.1 Å². The molecule has 0 aliphatic heterocycles. The monoisotopic (exact) mass is 288 g/mol. The van der Waals surface area contributed by atoms with E-state index < -0.39 is 0 Å². The van der Waals surface area contributed by atoms with Gasteiger partial charge in [-0.3, -0.25) is 0 Å². The largest absolute Gasteiger partial charge is 0.409 e. The van der Waals surface area contributed by atoms with Gasteiger partial charge < -0.3 is 15.8 Å². The van der Waals surface area contributed by atoms with Gasteiger partial charge in [-0.15, -0.1) is 0 Å². The lowest BCUT2D eigenvalue weighted by Crippen LogP contribution is -2.31. The van der Waals surface area contributed by atoms with Crippen molar-refractivity contribution in [2.24, 2.45) is 16.8 Å². The predicted molar refractivity (Wildman–Crippen MR) is 84.0 cm³/mol. The van der Waals surface area contributed by atoms with Gasteiger partial charge in [0.15, 0.2) is 5.84 Å². The Morgan fingerprint density at radius 3 is 2.95 bits per heavy atom. The maximum Gasteiger partial charge on any atom is 0.173 e. The van der Waals surface area contributed by atoms with Crippen molar-refractivity contribution >= 4 is 11.7 Å². The summed E-state index contributed by atoms with van der Waals surface area (Å²) in [5.74, 6) is 1.86.